The van der Waals surface area contributed by atoms with Crippen molar-refractivity contribution in [2.45, 2.75) is 25.2 Å². The Morgan fingerprint density at radius 1 is 1.33 bits per heavy atom. The summed E-state index contributed by atoms with van der Waals surface area (Å²) in [6.07, 6.45) is -4.62. The van der Waals surface area contributed by atoms with Crippen LogP contribution in [0.2, 0.25) is 0 Å². The maximum atomic E-state index is 12.1. The number of hydrogen-bond donors (Lipinski definition) is 0. The van der Waals surface area contributed by atoms with Crippen LogP contribution in [0.3, 0.4) is 0 Å². The van der Waals surface area contributed by atoms with Crippen molar-refractivity contribution in [2.75, 3.05) is 13.2 Å². The molecule has 0 N–H and O–H groups in total. The summed E-state index contributed by atoms with van der Waals surface area (Å²) in [5, 5.41) is 3.02. The predicted molar refractivity (Wildman–Crippen MR) is 60.5 cm³/mol. The third-order valence-corrected chi connectivity index (χ3v) is 2.22. The summed E-state index contributed by atoms with van der Waals surface area (Å²) < 4.78 is 45.3. The molecule has 5 nitrogen and oxygen atoms in total. The Hall–Kier alpha value is -1.19. The summed E-state index contributed by atoms with van der Waals surface area (Å²) in [6.45, 7) is 6.46. The Labute approximate surface area is 106 Å². The average molecular weight is 280 g/mol. The normalized spacial score (nSPS) is 14.4. The van der Waals surface area contributed by atoms with E-state index in [1.165, 1.54) is 6.56 Å². The van der Waals surface area contributed by atoms with Gasteiger partial charge in [0.1, 0.15) is 12.4 Å². The van der Waals surface area contributed by atoms with Gasteiger partial charge in [-0.2, -0.15) is 18.2 Å². The molecule has 1 radical (unpaired) electrons. The summed E-state index contributed by atoms with van der Waals surface area (Å²) in [5.74, 6) is -0.999. The van der Waals surface area contributed by atoms with E-state index < -0.39 is 12.1 Å². The zero-order valence-corrected chi connectivity index (χ0v) is 10.5. The Kier molecular flexibility index (Phi) is 5.51. The molecule has 1 aromatic heterocycles. The number of rotatable bonds is 3. The van der Waals surface area contributed by atoms with E-state index in [1.54, 1.807) is 0 Å². The summed E-state index contributed by atoms with van der Waals surface area (Å²) in [5.41, 5.74) is 0. The van der Waals surface area contributed by atoms with E-state index in [1.807, 2.05) is 13.8 Å². The van der Waals surface area contributed by atoms with Gasteiger partial charge in [-0.25, -0.2) is 0 Å². The predicted octanol–water partition coefficient (Wildman–Crippen LogP) is 2.21. The summed E-state index contributed by atoms with van der Waals surface area (Å²) >= 11 is 0.858. The molecule has 2 heterocycles. The van der Waals surface area contributed by atoms with Gasteiger partial charge in [0.05, 0.1) is 6.54 Å². The van der Waals surface area contributed by atoms with Gasteiger partial charge in [0.15, 0.2) is 0 Å². The standard InChI is InChI=1S/C6H4BF3N3O2S.C2H6/c8-6(9,10)3-12-5(13-15-3)16-7-4-11-1-2-14-4;1-2/h1-2H2;1-2H3. The maximum Gasteiger partial charge on any atom is 0.471 e. The topological polar surface area (TPSA) is 60.5 Å². The maximum absolute atomic E-state index is 12.1. The van der Waals surface area contributed by atoms with Crippen molar-refractivity contribution in [2.24, 2.45) is 4.99 Å². The van der Waals surface area contributed by atoms with E-state index >= 15 is 0 Å². The van der Waals surface area contributed by atoms with Gasteiger partial charge in [-0.3, -0.25) is 4.99 Å². The molecule has 0 unspecified atom stereocenters. The second-order valence-corrected chi connectivity index (χ2v) is 3.52. The highest BCUT2D eigenvalue weighted by Crippen LogP contribution is 2.28. The summed E-state index contributed by atoms with van der Waals surface area (Å²) in [6, 6.07) is 0. The molecule has 18 heavy (non-hydrogen) atoms. The first kappa shape index (κ1) is 14.9. The first-order valence-electron chi connectivity index (χ1n) is 5.14. The molecule has 0 fully saturated rings. The Morgan fingerprint density at radius 3 is 2.56 bits per heavy atom. The van der Waals surface area contributed by atoms with Crippen LogP contribution in [-0.4, -0.2) is 35.6 Å². The summed E-state index contributed by atoms with van der Waals surface area (Å²) in [7, 11) is 0. The van der Waals surface area contributed by atoms with Crippen molar-refractivity contribution in [3.8, 4) is 0 Å². The molecule has 99 valence electrons. The minimum absolute atomic E-state index is 0.134. The van der Waals surface area contributed by atoms with Crippen LogP contribution in [-0.2, 0) is 10.9 Å². The molecule has 1 aromatic rings. The van der Waals surface area contributed by atoms with Crippen LogP contribution < -0.4 is 0 Å². The molecular formula is C8H10BF3N3O2S. The molecule has 0 aliphatic carbocycles. The fourth-order valence-electron chi connectivity index (χ4n) is 0.899. The average Bonchev–Trinajstić information content (AvgIpc) is 3.00. The van der Waals surface area contributed by atoms with Gasteiger partial charge in [-0.1, -0.05) is 19.0 Å². The largest absolute Gasteiger partial charge is 0.488 e. The van der Waals surface area contributed by atoms with Crippen molar-refractivity contribution in [3.63, 3.8) is 0 Å². The van der Waals surface area contributed by atoms with E-state index in [9.17, 15) is 13.2 Å². The number of halogens is 3. The van der Waals surface area contributed by atoms with Crippen molar-refractivity contribution >= 4 is 24.0 Å². The quantitative estimate of drug-likeness (QED) is 0.794. The molecule has 1 aliphatic rings. The monoisotopic (exact) mass is 280 g/mol. The molecule has 0 atom stereocenters. The van der Waals surface area contributed by atoms with Gasteiger partial charge in [-0.05, 0) is 0 Å². The zero-order chi connectivity index (χ0) is 13.6. The minimum atomic E-state index is -4.62. The highest BCUT2D eigenvalue weighted by Gasteiger charge is 2.38. The molecule has 0 spiro atoms. The van der Waals surface area contributed by atoms with Crippen LogP contribution in [0.1, 0.15) is 19.7 Å². The molecule has 10 heteroatoms. The van der Waals surface area contributed by atoms with Crippen LogP contribution in [0.4, 0.5) is 13.2 Å². The lowest BCUT2D eigenvalue weighted by molar-refractivity contribution is -0.159. The third-order valence-electron chi connectivity index (χ3n) is 1.52. The SMILES string of the molecule is CC.FC(F)(F)c1nc(S[B]C2=NCCO2)no1. The molecule has 1 aliphatic heterocycles. The van der Waals surface area contributed by atoms with Crippen LogP contribution in [0.5, 0.6) is 0 Å². The minimum Gasteiger partial charge on any atom is -0.488 e. The Morgan fingerprint density at radius 2 is 2.06 bits per heavy atom. The van der Waals surface area contributed by atoms with Gasteiger partial charge >= 0.3 is 18.6 Å². The molecule has 0 saturated carbocycles. The smallest absolute Gasteiger partial charge is 0.471 e. The molecule has 0 amide bonds. The highest BCUT2D eigenvalue weighted by atomic mass is 32.2. The van der Waals surface area contributed by atoms with Crippen molar-refractivity contribution < 1.29 is 22.4 Å². The fourth-order valence-corrected chi connectivity index (χ4v) is 1.46. The molecule has 0 saturated heterocycles. The summed E-state index contributed by atoms with van der Waals surface area (Å²) in [4.78, 5) is 7.08. The van der Waals surface area contributed by atoms with Gasteiger partial charge in [0, 0.05) is 0 Å². The molecule has 2 rings (SSSR count). The number of ether oxygens (including phenoxy) is 1. The molecule has 0 bridgehead atoms. The lowest BCUT2D eigenvalue weighted by Crippen LogP contribution is -2.07. The molecule has 0 aromatic carbocycles. The van der Waals surface area contributed by atoms with Gasteiger partial charge in [0.25, 0.3) is 0 Å². The zero-order valence-electron chi connectivity index (χ0n) is 9.69. The number of aliphatic imine (C=N–C) groups is 1. The van der Waals surface area contributed by atoms with Crippen LogP contribution >= 0.6 is 11.6 Å². The Balaban J connectivity index is 0.000000771. The highest BCUT2D eigenvalue weighted by molar-refractivity contribution is 8.24. The van der Waals surface area contributed by atoms with E-state index in [0.29, 0.717) is 18.9 Å². The number of hydrogen-bond acceptors (Lipinski definition) is 6. The lowest BCUT2D eigenvalue weighted by atomic mass is 10.1. The lowest BCUT2D eigenvalue weighted by Gasteiger charge is -1.96. The first-order chi connectivity index (χ1) is 8.55. The van der Waals surface area contributed by atoms with E-state index in [-0.39, 0.29) is 5.16 Å². The number of alkyl halides is 3. The van der Waals surface area contributed by atoms with Gasteiger partial charge < -0.3 is 9.26 Å². The second kappa shape index (κ2) is 6.67. The van der Waals surface area contributed by atoms with Crippen LogP contribution in [0.25, 0.3) is 0 Å². The van der Waals surface area contributed by atoms with E-state index in [2.05, 4.69) is 19.7 Å². The first-order valence-corrected chi connectivity index (χ1v) is 6.02. The Bertz CT molecular complexity index is 411. The second-order valence-electron chi connectivity index (χ2n) is 2.68. The van der Waals surface area contributed by atoms with Crippen LogP contribution in [0, 0.1) is 0 Å². The molecular weight excluding hydrogens is 270 g/mol. The van der Waals surface area contributed by atoms with Crippen molar-refractivity contribution in [1.29, 1.82) is 0 Å². The third kappa shape index (κ3) is 4.24. The van der Waals surface area contributed by atoms with Crippen LogP contribution in [0.15, 0.2) is 14.7 Å². The van der Waals surface area contributed by atoms with Crippen molar-refractivity contribution in [1.82, 2.24) is 10.1 Å². The number of aromatic nitrogens is 2. The number of nitrogens with zero attached hydrogens (tertiary/aromatic N) is 3. The van der Waals surface area contributed by atoms with Crippen molar-refractivity contribution in [3.05, 3.63) is 5.89 Å². The van der Waals surface area contributed by atoms with E-state index in [0.717, 1.165) is 11.6 Å². The fraction of sp³-hybridized carbons (Fsp3) is 0.625. The van der Waals surface area contributed by atoms with Gasteiger partial charge in [-0.15, -0.1) is 11.6 Å². The van der Waals surface area contributed by atoms with E-state index in [4.69, 9.17) is 4.74 Å². The van der Waals surface area contributed by atoms with Gasteiger partial charge in [0.2, 0.25) is 5.16 Å².